The van der Waals surface area contributed by atoms with Crippen LogP contribution in [0.25, 0.3) is 0 Å². The van der Waals surface area contributed by atoms with Crippen molar-refractivity contribution < 1.29 is 23.6 Å². The van der Waals surface area contributed by atoms with Crippen molar-refractivity contribution in [3.63, 3.8) is 0 Å². The first kappa shape index (κ1) is 22.7. The van der Waals surface area contributed by atoms with Crippen molar-refractivity contribution in [3.05, 3.63) is 65.5 Å². The lowest BCUT2D eigenvalue weighted by Crippen LogP contribution is -2.38. The molecule has 0 spiro atoms. The fraction of sp³-hybridized carbons (Fsp3) is 0.292. The molecule has 9 heteroatoms. The average Bonchev–Trinajstić information content (AvgIpc) is 3.26. The Kier molecular flexibility index (Phi) is 7.19. The van der Waals surface area contributed by atoms with Gasteiger partial charge in [0.25, 0.3) is 5.91 Å². The highest BCUT2D eigenvalue weighted by atomic mass is 32.2. The van der Waals surface area contributed by atoms with Crippen LogP contribution in [-0.2, 0) is 10.5 Å². The van der Waals surface area contributed by atoms with Crippen LogP contribution in [0.5, 0.6) is 11.5 Å². The number of likely N-dealkylation sites (N-methyl/N-ethyl adjacent to an activating group) is 1. The summed E-state index contributed by atoms with van der Waals surface area (Å²) in [6.07, 6.45) is 0. The third kappa shape index (κ3) is 5.67. The van der Waals surface area contributed by atoms with Gasteiger partial charge in [0, 0.05) is 29.3 Å². The summed E-state index contributed by atoms with van der Waals surface area (Å²) in [5, 5.41) is 6.73. The second-order valence-electron chi connectivity index (χ2n) is 7.45. The van der Waals surface area contributed by atoms with Gasteiger partial charge in [-0.2, -0.15) is 0 Å². The van der Waals surface area contributed by atoms with Crippen LogP contribution in [0, 0.1) is 6.92 Å². The molecule has 3 aromatic rings. The lowest BCUT2D eigenvalue weighted by molar-refractivity contribution is -0.116. The Morgan fingerprint density at radius 3 is 2.64 bits per heavy atom. The molecule has 2 heterocycles. The average molecular weight is 468 g/mol. The van der Waals surface area contributed by atoms with Crippen LogP contribution in [0.4, 0.5) is 5.69 Å². The molecular formula is C24H25N3O5S. The summed E-state index contributed by atoms with van der Waals surface area (Å²) in [4.78, 5) is 28.3. The zero-order chi connectivity index (χ0) is 23.2. The number of thioether (sulfide) groups is 1. The van der Waals surface area contributed by atoms with E-state index in [1.165, 1.54) is 16.7 Å². The summed E-state index contributed by atoms with van der Waals surface area (Å²) >= 11 is 1.50. The lowest BCUT2D eigenvalue weighted by Gasteiger charge is -2.22. The number of ether oxygens (including phenoxy) is 2. The number of nitrogens with zero attached hydrogens (tertiary/aromatic N) is 2. The number of amides is 2. The van der Waals surface area contributed by atoms with Crippen LogP contribution >= 0.6 is 11.8 Å². The minimum absolute atomic E-state index is 0.0654. The fourth-order valence-electron chi connectivity index (χ4n) is 3.39. The molecule has 2 aromatic carbocycles. The first-order valence-corrected chi connectivity index (χ1v) is 11.6. The number of hydrogen-bond donors (Lipinski definition) is 1. The molecule has 0 radical (unpaired) electrons. The number of nitrogens with one attached hydrogen (secondary N) is 1. The zero-order valence-electron chi connectivity index (χ0n) is 18.5. The number of hydrogen-bond acceptors (Lipinski definition) is 7. The summed E-state index contributed by atoms with van der Waals surface area (Å²) in [7, 11) is 0. The molecule has 0 fully saturated rings. The summed E-state index contributed by atoms with van der Waals surface area (Å²) in [5.41, 5.74) is 1.95. The van der Waals surface area contributed by atoms with Crippen LogP contribution in [0.2, 0.25) is 0 Å². The maximum atomic E-state index is 13.3. The van der Waals surface area contributed by atoms with Gasteiger partial charge in [0.15, 0.2) is 11.5 Å². The molecule has 0 bridgehead atoms. The minimum Gasteiger partial charge on any atom is -0.486 e. The zero-order valence-corrected chi connectivity index (χ0v) is 19.3. The molecule has 8 nitrogen and oxygen atoms in total. The van der Waals surface area contributed by atoms with Gasteiger partial charge in [0.2, 0.25) is 5.91 Å². The van der Waals surface area contributed by atoms with E-state index < -0.39 is 0 Å². The minimum atomic E-state index is -0.288. The third-order valence-corrected chi connectivity index (χ3v) is 6.09. The summed E-state index contributed by atoms with van der Waals surface area (Å²) in [6, 6.07) is 14.5. The Hall–Kier alpha value is -3.46. The van der Waals surface area contributed by atoms with Gasteiger partial charge in [-0.1, -0.05) is 17.3 Å². The SMILES string of the molecule is CCN(CC(=O)Nc1ccc2c(c1)OCCO2)C(=O)c1ccccc1SCc1cc(C)no1. The molecule has 1 aliphatic heterocycles. The first-order chi connectivity index (χ1) is 16.0. The number of benzene rings is 2. The van der Waals surface area contributed by atoms with Gasteiger partial charge < -0.3 is 24.2 Å². The molecule has 1 N–H and O–H groups in total. The normalized spacial score (nSPS) is 12.3. The van der Waals surface area contributed by atoms with E-state index in [4.69, 9.17) is 14.0 Å². The summed E-state index contributed by atoms with van der Waals surface area (Å²) in [5.74, 6) is 2.05. The predicted octanol–water partition coefficient (Wildman–Crippen LogP) is 4.15. The van der Waals surface area contributed by atoms with Gasteiger partial charge in [-0.15, -0.1) is 11.8 Å². The maximum absolute atomic E-state index is 13.3. The van der Waals surface area contributed by atoms with E-state index in [9.17, 15) is 9.59 Å². The second-order valence-corrected chi connectivity index (χ2v) is 8.46. The number of aromatic nitrogens is 1. The van der Waals surface area contributed by atoms with Gasteiger partial charge in [0.1, 0.15) is 25.5 Å². The van der Waals surface area contributed by atoms with E-state index in [0.29, 0.717) is 48.3 Å². The van der Waals surface area contributed by atoms with Gasteiger partial charge in [-0.25, -0.2) is 0 Å². The monoisotopic (exact) mass is 467 g/mol. The summed E-state index contributed by atoms with van der Waals surface area (Å²) in [6.45, 7) is 5.02. The molecule has 1 aliphatic rings. The van der Waals surface area contributed by atoms with Gasteiger partial charge >= 0.3 is 0 Å². The van der Waals surface area contributed by atoms with Crippen LogP contribution in [0.1, 0.15) is 28.7 Å². The van der Waals surface area contributed by atoms with Crippen molar-refractivity contribution in [1.82, 2.24) is 10.1 Å². The van der Waals surface area contributed by atoms with E-state index >= 15 is 0 Å². The third-order valence-electron chi connectivity index (χ3n) is 4.99. The molecule has 0 atom stereocenters. The van der Waals surface area contributed by atoms with Crippen molar-refractivity contribution in [1.29, 1.82) is 0 Å². The highest BCUT2D eigenvalue weighted by molar-refractivity contribution is 7.98. The Morgan fingerprint density at radius 2 is 1.88 bits per heavy atom. The van der Waals surface area contributed by atoms with E-state index in [1.807, 2.05) is 38.1 Å². The first-order valence-electron chi connectivity index (χ1n) is 10.7. The van der Waals surface area contributed by atoms with Gasteiger partial charge in [-0.3, -0.25) is 9.59 Å². The number of fused-ring (bicyclic) bond motifs is 1. The molecule has 4 rings (SSSR count). The largest absolute Gasteiger partial charge is 0.486 e. The molecule has 0 saturated heterocycles. The quantitative estimate of drug-likeness (QED) is 0.498. The van der Waals surface area contributed by atoms with E-state index in [2.05, 4.69) is 10.5 Å². The van der Waals surface area contributed by atoms with Crippen LogP contribution in [0.3, 0.4) is 0 Å². The molecular weight excluding hydrogens is 442 g/mol. The molecule has 33 heavy (non-hydrogen) atoms. The van der Waals surface area contributed by atoms with E-state index in [1.54, 1.807) is 24.3 Å². The van der Waals surface area contributed by atoms with Crippen molar-refractivity contribution >= 4 is 29.3 Å². The van der Waals surface area contributed by atoms with Crippen LogP contribution < -0.4 is 14.8 Å². The highest BCUT2D eigenvalue weighted by Gasteiger charge is 2.21. The molecule has 0 aliphatic carbocycles. The standard InChI is InChI=1S/C24H25N3O5S/c1-3-27(14-23(28)25-17-8-9-20-21(13-17)31-11-10-30-20)24(29)19-6-4-5-7-22(19)33-15-18-12-16(2)26-32-18/h4-9,12-13H,3,10-11,14-15H2,1-2H3,(H,25,28). The van der Waals surface area contributed by atoms with Gasteiger partial charge in [-0.05, 0) is 38.1 Å². The van der Waals surface area contributed by atoms with Gasteiger partial charge in [0.05, 0.1) is 17.0 Å². The summed E-state index contributed by atoms with van der Waals surface area (Å²) < 4.78 is 16.3. The number of aryl methyl sites for hydroxylation is 1. The molecule has 0 saturated carbocycles. The highest BCUT2D eigenvalue weighted by Crippen LogP contribution is 2.32. The molecule has 1 aromatic heterocycles. The number of carbonyl (C=O) groups is 2. The smallest absolute Gasteiger partial charge is 0.255 e. The van der Waals surface area contributed by atoms with Crippen molar-refractivity contribution in [2.24, 2.45) is 0 Å². The van der Waals surface area contributed by atoms with Crippen LogP contribution in [0.15, 0.2) is 57.9 Å². The van der Waals surface area contributed by atoms with Crippen LogP contribution in [-0.4, -0.2) is 48.2 Å². The fourth-order valence-corrected chi connectivity index (χ4v) is 4.31. The molecule has 2 amide bonds. The Morgan fingerprint density at radius 1 is 1.09 bits per heavy atom. The number of carbonyl (C=O) groups excluding carboxylic acids is 2. The topological polar surface area (TPSA) is 93.9 Å². The predicted molar refractivity (Wildman–Crippen MR) is 125 cm³/mol. The Balaban J connectivity index is 1.41. The Bertz CT molecular complexity index is 1150. The molecule has 172 valence electrons. The molecule has 0 unspecified atom stereocenters. The number of anilines is 1. The van der Waals surface area contributed by atoms with E-state index in [-0.39, 0.29) is 18.4 Å². The second kappa shape index (κ2) is 10.4. The Labute approximate surface area is 196 Å². The van der Waals surface area contributed by atoms with E-state index in [0.717, 1.165) is 16.3 Å². The lowest BCUT2D eigenvalue weighted by atomic mass is 10.2. The maximum Gasteiger partial charge on any atom is 0.255 e. The van der Waals surface area contributed by atoms with Crippen molar-refractivity contribution in [3.8, 4) is 11.5 Å². The van der Waals surface area contributed by atoms with Crippen molar-refractivity contribution in [2.45, 2.75) is 24.5 Å². The number of rotatable bonds is 8. The van der Waals surface area contributed by atoms with Crippen molar-refractivity contribution in [2.75, 3.05) is 31.6 Å².